The molecule has 1 N–H and O–H groups in total. The molecule has 7 heteroatoms. The Bertz CT molecular complexity index is 423. The smallest absolute Gasteiger partial charge is 0.242 e. The molecule has 104 valence electrons. The van der Waals surface area contributed by atoms with E-state index < -0.39 is 9.84 Å². The van der Waals surface area contributed by atoms with E-state index in [1.807, 2.05) is 6.92 Å². The molecule has 0 spiro atoms. The van der Waals surface area contributed by atoms with Crippen molar-refractivity contribution >= 4 is 15.7 Å². The second-order valence-corrected chi connectivity index (χ2v) is 7.24. The number of carbonyl (C=O) groups excluding carboxylic acids is 1. The monoisotopic (exact) mass is 276 g/mol. The van der Waals surface area contributed by atoms with Gasteiger partial charge >= 0.3 is 0 Å². The molecule has 0 radical (unpaired) electrons. The fourth-order valence-corrected chi connectivity index (χ4v) is 4.26. The molecule has 3 atom stereocenters. The SMILES string of the molecule is C[C@H]1OCCN[C@@H]1C(=O)N(C)C1CCS(=O)(=O)C1. The van der Waals surface area contributed by atoms with Crippen LogP contribution >= 0.6 is 0 Å². The first-order valence-electron chi connectivity index (χ1n) is 6.23. The molecule has 2 saturated heterocycles. The van der Waals surface area contributed by atoms with E-state index in [-0.39, 0.29) is 35.6 Å². The van der Waals surface area contributed by atoms with Crippen LogP contribution in [0.4, 0.5) is 0 Å². The number of nitrogens with zero attached hydrogens (tertiary/aromatic N) is 1. The van der Waals surface area contributed by atoms with Crippen molar-refractivity contribution in [2.75, 3.05) is 31.7 Å². The minimum absolute atomic E-state index is 0.0794. The lowest BCUT2D eigenvalue weighted by Gasteiger charge is -2.34. The van der Waals surface area contributed by atoms with Crippen molar-refractivity contribution in [3.05, 3.63) is 0 Å². The molecule has 2 fully saturated rings. The number of carbonyl (C=O) groups is 1. The molecule has 0 aliphatic carbocycles. The highest BCUT2D eigenvalue weighted by atomic mass is 32.2. The molecule has 0 aromatic heterocycles. The topological polar surface area (TPSA) is 75.7 Å². The Labute approximate surface area is 108 Å². The van der Waals surface area contributed by atoms with Gasteiger partial charge in [-0.2, -0.15) is 0 Å². The molecular formula is C11H20N2O4S. The predicted molar refractivity (Wildman–Crippen MR) is 67.0 cm³/mol. The van der Waals surface area contributed by atoms with Crippen LogP contribution in [0.3, 0.4) is 0 Å². The van der Waals surface area contributed by atoms with Gasteiger partial charge in [0, 0.05) is 19.6 Å². The number of ether oxygens (including phenoxy) is 1. The summed E-state index contributed by atoms with van der Waals surface area (Å²) in [6.45, 7) is 3.11. The highest BCUT2D eigenvalue weighted by Gasteiger charge is 2.37. The minimum Gasteiger partial charge on any atom is -0.375 e. The molecule has 1 unspecified atom stereocenters. The number of amides is 1. The van der Waals surface area contributed by atoms with E-state index in [0.717, 1.165) is 0 Å². The Morgan fingerprint density at radius 2 is 2.17 bits per heavy atom. The molecule has 0 saturated carbocycles. The van der Waals surface area contributed by atoms with Crippen LogP contribution in [0.2, 0.25) is 0 Å². The van der Waals surface area contributed by atoms with E-state index in [2.05, 4.69) is 5.32 Å². The Balaban J connectivity index is 2.00. The number of nitrogens with one attached hydrogen (secondary N) is 1. The van der Waals surface area contributed by atoms with Gasteiger partial charge in [0.05, 0.1) is 24.2 Å². The summed E-state index contributed by atoms with van der Waals surface area (Å²) in [6, 6.07) is -0.564. The normalized spacial score (nSPS) is 35.3. The first-order chi connectivity index (χ1) is 8.41. The summed E-state index contributed by atoms with van der Waals surface area (Å²) in [4.78, 5) is 13.9. The van der Waals surface area contributed by atoms with Gasteiger partial charge in [-0.25, -0.2) is 8.42 Å². The number of sulfone groups is 1. The van der Waals surface area contributed by atoms with E-state index in [1.54, 1.807) is 11.9 Å². The maximum atomic E-state index is 12.3. The number of hydrogen-bond acceptors (Lipinski definition) is 5. The molecule has 18 heavy (non-hydrogen) atoms. The van der Waals surface area contributed by atoms with E-state index in [4.69, 9.17) is 4.74 Å². The first-order valence-corrected chi connectivity index (χ1v) is 8.05. The molecule has 2 rings (SSSR count). The van der Waals surface area contributed by atoms with Crippen molar-refractivity contribution in [1.82, 2.24) is 10.2 Å². The zero-order valence-electron chi connectivity index (χ0n) is 10.8. The Morgan fingerprint density at radius 1 is 1.44 bits per heavy atom. The van der Waals surface area contributed by atoms with Crippen molar-refractivity contribution in [3.63, 3.8) is 0 Å². The van der Waals surface area contributed by atoms with Crippen LogP contribution in [0.1, 0.15) is 13.3 Å². The molecule has 6 nitrogen and oxygen atoms in total. The molecule has 2 aliphatic heterocycles. The number of morpholine rings is 1. The fraction of sp³-hybridized carbons (Fsp3) is 0.909. The Hall–Kier alpha value is -0.660. The zero-order chi connectivity index (χ0) is 13.3. The van der Waals surface area contributed by atoms with Crippen molar-refractivity contribution in [2.45, 2.75) is 31.5 Å². The highest BCUT2D eigenvalue weighted by molar-refractivity contribution is 7.91. The van der Waals surface area contributed by atoms with Gasteiger partial charge in [0.15, 0.2) is 9.84 Å². The van der Waals surface area contributed by atoms with Crippen LogP contribution in [0, 0.1) is 0 Å². The van der Waals surface area contributed by atoms with Gasteiger partial charge in [0.25, 0.3) is 0 Å². The van der Waals surface area contributed by atoms with Crippen LogP contribution < -0.4 is 5.32 Å². The predicted octanol–water partition coefficient (Wildman–Crippen LogP) is -0.991. The molecule has 0 aromatic rings. The largest absolute Gasteiger partial charge is 0.375 e. The van der Waals surface area contributed by atoms with Gasteiger partial charge in [-0.05, 0) is 13.3 Å². The van der Waals surface area contributed by atoms with Crippen LogP contribution in [0.5, 0.6) is 0 Å². The third-order valence-corrected chi connectivity index (χ3v) is 5.44. The van der Waals surface area contributed by atoms with E-state index in [1.165, 1.54) is 0 Å². The molecule has 1 amide bonds. The zero-order valence-corrected chi connectivity index (χ0v) is 11.6. The summed E-state index contributed by atoms with van der Waals surface area (Å²) in [5, 5.41) is 3.13. The number of rotatable bonds is 2. The van der Waals surface area contributed by atoms with Crippen LogP contribution in [-0.4, -0.2) is 69.1 Å². The van der Waals surface area contributed by atoms with Crippen molar-refractivity contribution in [1.29, 1.82) is 0 Å². The van der Waals surface area contributed by atoms with Gasteiger partial charge in [-0.15, -0.1) is 0 Å². The van der Waals surface area contributed by atoms with E-state index in [0.29, 0.717) is 19.6 Å². The molecule has 0 bridgehead atoms. The standard InChI is InChI=1S/C11H20N2O4S/c1-8-10(12-4-5-17-8)11(14)13(2)9-3-6-18(15,16)7-9/h8-10,12H,3-7H2,1-2H3/t8-,9?,10+/m1/s1. The lowest BCUT2D eigenvalue weighted by molar-refractivity contribution is -0.139. The lowest BCUT2D eigenvalue weighted by Crippen LogP contribution is -2.57. The second-order valence-electron chi connectivity index (χ2n) is 5.01. The Morgan fingerprint density at radius 3 is 2.72 bits per heavy atom. The highest BCUT2D eigenvalue weighted by Crippen LogP contribution is 2.18. The maximum absolute atomic E-state index is 12.3. The third-order valence-electron chi connectivity index (χ3n) is 3.69. The first kappa shape index (κ1) is 13.8. The minimum atomic E-state index is -2.96. The molecule has 2 aliphatic rings. The summed E-state index contributed by atoms with van der Waals surface area (Å²) in [6.07, 6.45) is 0.360. The lowest BCUT2D eigenvalue weighted by atomic mass is 10.1. The second kappa shape index (κ2) is 5.14. The van der Waals surface area contributed by atoms with Gasteiger partial charge in [0.2, 0.25) is 5.91 Å². The van der Waals surface area contributed by atoms with Crippen molar-refractivity contribution in [3.8, 4) is 0 Å². The van der Waals surface area contributed by atoms with E-state index in [9.17, 15) is 13.2 Å². The molecular weight excluding hydrogens is 256 g/mol. The van der Waals surface area contributed by atoms with Crippen molar-refractivity contribution in [2.24, 2.45) is 0 Å². The Kier molecular flexibility index (Phi) is 3.93. The van der Waals surface area contributed by atoms with E-state index >= 15 is 0 Å². The maximum Gasteiger partial charge on any atom is 0.242 e. The summed E-state index contributed by atoms with van der Waals surface area (Å²) >= 11 is 0. The summed E-state index contributed by atoms with van der Waals surface area (Å²) in [5.74, 6) is 0.181. The summed E-state index contributed by atoms with van der Waals surface area (Å²) in [7, 11) is -1.29. The van der Waals surface area contributed by atoms with Gasteiger partial charge in [-0.1, -0.05) is 0 Å². The van der Waals surface area contributed by atoms with Gasteiger partial charge in [0.1, 0.15) is 6.04 Å². The van der Waals surface area contributed by atoms with Crippen LogP contribution in [-0.2, 0) is 19.4 Å². The molecule has 0 aromatic carbocycles. The third kappa shape index (κ3) is 2.84. The van der Waals surface area contributed by atoms with Crippen molar-refractivity contribution < 1.29 is 17.9 Å². The number of hydrogen-bond donors (Lipinski definition) is 1. The average molecular weight is 276 g/mol. The summed E-state index contributed by atoms with van der Waals surface area (Å²) in [5.41, 5.74) is 0. The quantitative estimate of drug-likeness (QED) is 0.701. The number of likely N-dealkylation sites (N-methyl/N-ethyl adjacent to an activating group) is 1. The van der Waals surface area contributed by atoms with Gasteiger partial charge < -0.3 is 15.0 Å². The van der Waals surface area contributed by atoms with Gasteiger partial charge in [-0.3, -0.25) is 4.79 Å². The van der Waals surface area contributed by atoms with Crippen LogP contribution in [0.25, 0.3) is 0 Å². The fourth-order valence-electron chi connectivity index (χ4n) is 2.49. The van der Waals surface area contributed by atoms with Crippen LogP contribution in [0.15, 0.2) is 0 Å². The summed E-state index contributed by atoms with van der Waals surface area (Å²) < 4.78 is 28.3. The molecule has 2 heterocycles. The average Bonchev–Trinajstić information content (AvgIpc) is 2.68.